The van der Waals surface area contributed by atoms with Crippen LogP contribution in [0.5, 0.6) is 0 Å². The number of sulfonamides is 1. The average Bonchev–Trinajstić information content (AvgIpc) is 2.36. The van der Waals surface area contributed by atoms with Crippen LogP contribution in [0.15, 0.2) is 23.1 Å². The zero-order valence-electron chi connectivity index (χ0n) is 10.4. The highest BCUT2D eigenvalue weighted by molar-refractivity contribution is 7.89. The predicted molar refractivity (Wildman–Crippen MR) is 67.2 cm³/mol. The molecule has 1 aromatic carbocycles. The van der Waals surface area contributed by atoms with Crippen LogP contribution in [0.1, 0.15) is 18.9 Å². The van der Waals surface area contributed by atoms with E-state index in [2.05, 4.69) is 4.72 Å². The fraction of sp³-hybridized carbons (Fsp3) is 0.417. The van der Waals surface area contributed by atoms with Gasteiger partial charge in [0, 0.05) is 13.2 Å². The van der Waals surface area contributed by atoms with Crippen LogP contribution in [0.3, 0.4) is 0 Å². The molecule has 1 atom stereocenters. The fourth-order valence-electron chi connectivity index (χ4n) is 1.49. The molecular weight excluding hydrogens is 271 g/mol. The lowest BCUT2D eigenvalue weighted by atomic mass is 10.1. The van der Waals surface area contributed by atoms with Crippen molar-refractivity contribution in [3.8, 4) is 6.07 Å². The number of rotatable bonds is 6. The molecule has 1 rings (SSSR count). The van der Waals surface area contributed by atoms with Crippen molar-refractivity contribution in [1.29, 1.82) is 5.26 Å². The minimum atomic E-state index is -3.93. The predicted octanol–water partition coefficient (Wildman–Crippen LogP) is 0.994. The van der Waals surface area contributed by atoms with Gasteiger partial charge in [-0.15, -0.1) is 0 Å². The maximum absolute atomic E-state index is 13.4. The number of hydrogen-bond acceptors (Lipinski definition) is 4. The first kappa shape index (κ1) is 15.6. The van der Waals surface area contributed by atoms with Crippen LogP contribution in [0, 0.1) is 23.1 Å². The molecule has 5 nitrogen and oxygen atoms in total. The topological polar surface area (TPSA) is 90.2 Å². The number of aliphatic hydroxyl groups excluding tert-OH is 1. The number of halogens is 1. The molecule has 1 unspecified atom stereocenters. The van der Waals surface area contributed by atoms with Gasteiger partial charge in [-0.25, -0.2) is 17.5 Å². The molecule has 0 heterocycles. The Morgan fingerprint density at radius 2 is 2.21 bits per heavy atom. The van der Waals surface area contributed by atoms with Gasteiger partial charge in [-0.2, -0.15) is 5.26 Å². The highest BCUT2D eigenvalue weighted by atomic mass is 32.2. The number of aliphatic hydroxyl groups is 1. The lowest BCUT2D eigenvalue weighted by molar-refractivity contribution is 0.263. The van der Waals surface area contributed by atoms with E-state index in [1.165, 1.54) is 12.1 Å². The molecule has 104 valence electrons. The maximum Gasteiger partial charge on any atom is 0.242 e. The van der Waals surface area contributed by atoms with E-state index < -0.39 is 21.4 Å². The van der Waals surface area contributed by atoms with E-state index >= 15 is 0 Å². The molecule has 2 N–H and O–H groups in total. The standard InChI is InChI=1S/C12H15FN2O3S/c1-9(5-6-16)8-15-19(17,18)12-4-2-3-11(13)10(12)7-14/h2-4,9,15-16H,5-6,8H2,1H3. The number of benzene rings is 1. The number of nitriles is 1. The molecule has 0 amide bonds. The molecular formula is C12H15FN2O3S. The van der Waals surface area contributed by atoms with Crippen molar-refractivity contribution < 1.29 is 17.9 Å². The van der Waals surface area contributed by atoms with Crippen molar-refractivity contribution in [3.05, 3.63) is 29.6 Å². The molecule has 0 spiro atoms. The molecule has 0 fully saturated rings. The molecule has 19 heavy (non-hydrogen) atoms. The van der Waals surface area contributed by atoms with Crippen molar-refractivity contribution in [2.75, 3.05) is 13.2 Å². The van der Waals surface area contributed by atoms with E-state index in [9.17, 15) is 12.8 Å². The molecule has 0 bridgehead atoms. The van der Waals surface area contributed by atoms with Gasteiger partial charge in [0.05, 0.1) is 0 Å². The van der Waals surface area contributed by atoms with Crippen molar-refractivity contribution in [3.63, 3.8) is 0 Å². The van der Waals surface area contributed by atoms with Crippen LogP contribution in [-0.2, 0) is 10.0 Å². The molecule has 0 aliphatic rings. The lowest BCUT2D eigenvalue weighted by Gasteiger charge is -2.12. The van der Waals surface area contributed by atoms with Crippen LogP contribution < -0.4 is 4.72 Å². The Kier molecular flexibility index (Phi) is 5.42. The largest absolute Gasteiger partial charge is 0.396 e. The molecule has 0 aliphatic carbocycles. The summed E-state index contributed by atoms with van der Waals surface area (Å²) in [5, 5.41) is 17.5. The summed E-state index contributed by atoms with van der Waals surface area (Å²) in [7, 11) is -3.93. The molecule has 0 radical (unpaired) electrons. The molecule has 7 heteroatoms. The summed E-state index contributed by atoms with van der Waals surface area (Å²) in [6, 6.07) is 5.00. The van der Waals surface area contributed by atoms with Crippen molar-refractivity contribution in [2.45, 2.75) is 18.2 Å². The summed E-state index contributed by atoms with van der Waals surface area (Å²) in [5.41, 5.74) is -0.496. The second-order valence-electron chi connectivity index (χ2n) is 4.19. The molecule has 1 aromatic rings. The van der Waals surface area contributed by atoms with Crippen molar-refractivity contribution in [1.82, 2.24) is 4.72 Å². The summed E-state index contributed by atoms with van der Waals surface area (Å²) in [4.78, 5) is -0.369. The van der Waals surface area contributed by atoms with Crippen molar-refractivity contribution >= 4 is 10.0 Å². The van der Waals surface area contributed by atoms with Gasteiger partial charge < -0.3 is 5.11 Å². The third-order valence-electron chi connectivity index (χ3n) is 2.62. The van der Waals surface area contributed by atoms with Gasteiger partial charge in [-0.05, 0) is 24.5 Å². The first-order chi connectivity index (χ1) is 8.92. The molecule has 0 aromatic heterocycles. The quantitative estimate of drug-likeness (QED) is 0.816. The van der Waals surface area contributed by atoms with Crippen LogP contribution >= 0.6 is 0 Å². The van der Waals surface area contributed by atoms with Crippen LogP contribution in [0.2, 0.25) is 0 Å². The fourth-order valence-corrected chi connectivity index (χ4v) is 2.82. The SMILES string of the molecule is CC(CCO)CNS(=O)(=O)c1cccc(F)c1C#N. The summed E-state index contributed by atoms with van der Waals surface area (Å²) in [6.45, 7) is 1.85. The van der Waals surface area contributed by atoms with Crippen LogP contribution in [0.4, 0.5) is 4.39 Å². The Balaban J connectivity index is 2.96. The zero-order valence-corrected chi connectivity index (χ0v) is 11.2. The Hall–Kier alpha value is -1.49. The highest BCUT2D eigenvalue weighted by Crippen LogP contribution is 2.18. The number of nitrogens with zero attached hydrogens (tertiary/aromatic N) is 1. The average molecular weight is 286 g/mol. The van der Waals surface area contributed by atoms with Gasteiger partial charge in [0.1, 0.15) is 22.3 Å². The van der Waals surface area contributed by atoms with Gasteiger partial charge in [0.25, 0.3) is 0 Å². The maximum atomic E-state index is 13.4. The lowest BCUT2D eigenvalue weighted by Crippen LogP contribution is -2.29. The first-order valence-corrected chi connectivity index (χ1v) is 7.19. The minimum absolute atomic E-state index is 0.0354. The van der Waals surface area contributed by atoms with Crippen LogP contribution in [-0.4, -0.2) is 26.7 Å². The Bertz CT molecular complexity index is 581. The molecule has 0 saturated carbocycles. The summed E-state index contributed by atoms with van der Waals surface area (Å²) >= 11 is 0. The highest BCUT2D eigenvalue weighted by Gasteiger charge is 2.21. The third kappa shape index (κ3) is 3.99. The Morgan fingerprint density at radius 3 is 2.79 bits per heavy atom. The van der Waals surface area contributed by atoms with E-state index in [0.717, 1.165) is 6.07 Å². The van der Waals surface area contributed by atoms with E-state index in [-0.39, 0.29) is 24.0 Å². The van der Waals surface area contributed by atoms with Gasteiger partial charge in [-0.3, -0.25) is 0 Å². The Labute approximate surface area is 111 Å². The van der Waals surface area contributed by atoms with Gasteiger partial charge in [0.15, 0.2) is 0 Å². The summed E-state index contributed by atoms with van der Waals surface area (Å²) in [5.74, 6) is -0.923. The molecule has 0 aliphatic heterocycles. The van der Waals surface area contributed by atoms with Gasteiger partial charge >= 0.3 is 0 Å². The van der Waals surface area contributed by atoms with E-state index in [4.69, 9.17) is 10.4 Å². The van der Waals surface area contributed by atoms with E-state index in [1.54, 1.807) is 13.0 Å². The number of hydrogen-bond donors (Lipinski definition) is 2. The van der Waals surface area contributed by atoms with E-state index in [0.29, 0.717) is 6.42 Å². The zero-order chi connectivity index (χ0) is 14.5. The second kappa shape index (κ2) is 6.61. The van der Waals surface area contributed by atoms with Crippen LogP contribution in [0.25, 0.3) is 0 Å². The smallest absolute Gasteiger partial charge is 0.242 e. The first-order valence-electron chi connectivity index (χ1n) is 5.71. The second-order valence-corrected chi connectivity index (χ2v) is 5.93. The Morgan fingerprint density at radius 1 is 1.53 bits per heavy atom. The van der Waals surface area contributed by atoms with Crippen molar-refractivity contribution in [2.24, 2.45) is 5.92 Å². The summed E-state index contributed by atoms with van der Waals surface area (Å²) < 4.78 is 39.6. The van der Waals surface area contributed by atoms with Gasteiger partial charge in [0.2, 0.25) is 10.0 Å². The molecule has 0 saturated heterocycles. The monoisotopic (exact) mass is 286 g/mol. The summed E-state index contributed by atoms with van der Waals surface area (Å²) in [6.07, 6.45) is 0.455. The van der Waals surface area contributed by atoms with Gasteiger partial charge in [-0.1, -0.05) is 13.0 Å². The normalized spacial score (nSPS) is 12.9. The third-order valence-corrected chi connectivity index (χ3v) is 4.09. The minimum Gasteiger partial charge on any atom is -0.396 e. The van der Waals surface area contributed by atoms with E-state index in [1.807, 2.05) is 0 Å². The number of nitrogens with one attached hydrogen (secondary N) is 1.